The van der Waals surface area contributed by atoms with Gasteiger partial charge in [-0.2, -0.15) is 0 Å². The molecule has 0 radical (unpaired) electrons. The lowest BCUT2D eigenvalue weighted by Crippen LogP contribution is -2.45. The third-order valence-corrected chi connectivity index (χ3v) is 2.90. The molecule has 2 N–H and O–H groups in total. The SMILES string of the molecule is CCNC(=O)C1CCN(C(=O)CNC)CC1. The Morgan fingerprint density at radius 1 is 1.31 bits per heavy atom. The van der Waals surface area contributed by atoms with Crippen LogP contribution in [0.4, 0.5) is 0 Å². The molecule has 5 nitrogen and oxygen atoms in total. The zero-order valence-electron chi connectivity index (χ0n) is 10.1. The predicted octanol–water partition coefficient (Wildman–Crippen LogP) is -0.419. The van der Waals surface area contributed by atoms with Crippen LogP contribution in [0.5, 0.6) is 0 Å². The van der Waals surface area contributed by atoms with Crippen molar-refractivity contribution >= 4 is 11.8 Å². The van der Waals surface area contributed by atoms with E-state index in [0.29, 0.717) is 26.2 Å². The zero-order chi connectivity index (χ0) is 12.0. The third kappa shape index (κ3) is 3.48. The monoisotopic (exact) mass is 227 g/mol. The van der Waals surface area contributed by atoms with E-state index in [0.717, 1.165) is 12.8 Å². The summed E-state index contributed by atoms with van der Waals surface area (Å²) in [6.45, 7) is 4.37. The average molecular weight is 227 g/mol. The van der Waals surface area contributed by atoms with Crippen molar-refractivity contribution in [2.24, 2.45) is 5.92 Å². The maximum atomic E-state index is 11.6. The highest BCUT2D eigenvalue weighted by molar-refractivity contribution is 5.80. The zero-order valence-corrected chi connectivity index (χ0v) is 10.1. The summed E-state index contributed by atoms with van der Waals surface area (Å²) >= 11 is 0. The van der Waals surface area contributed by atoms with E-state index < -0.39 is 0 Å². The van der Waals surface area contributed by atoms with E-state index in [2.05, 4.69) is 10.6 Å². The van der Waals surface area contributed by atoms with Crippen LogP contribution in [-0.4, -0.2) is 49.9 Å². The fraction of sp³-hybridized carbons (Fsp3) is 0.818. The molecule has 92 valence electrons. The van der Waals surface area contributed by atoms with E-state index in [1.54, 1.807) is 7.05 Å². The van der Waals surface area contributed by atoms with Crippen LogP contribution in [0, 0.1) is 5.92 Å². The molecule has 1 heterocycles. The van der Waals surface area contributed by atoms with E-state index in [1.165, 1.54) is 0 Å². The lowest BCUT2D eigenvalue weighted by molar-refractivity contribution is -0.134. The maximum Gasteiger partial charge on any atom is 0.236 e. The second-order valence-corrected chi connectivity index (χ2v) is 4.08. The first-order valence-electron chi connectivity index (χ1n) is 5.89. The van der Waals surface area contributed by atoms with Gasteiger partial charge in [-0.05, 0) is 26.8 Å². The number of hydrogen-bond acceptors (Lipinski definition) is 3. The summed E-state index contributed by atoms with van der Waals surface area (Å²) in [5, 5.41) is 5.68. The molecule has 16 heavy (non-hydrogen) atoms. The summed E-state index contributed by atoms with van der Waals surface area (Å²) in [5.41, 5.74) is 0. The number of amides is 2. The van der Waals surface area contributed by atoms with Gasteiger partial charge in [0.15, 0.2) is 0 Å². The molecule has 0 aromatic carbocycles. The Hall–Kier alpha value is -1.10. The summed E-state index contributed by atoms with van der Waals surface area (Å²) in [6, 6.07) is 0. The molecule has 0 atom stereocenters. The van der Waals surface area contributed by atoms with Gasteiger partial charge in [0.2, 0.25) is 11.8 Å². The first-order valence-corrected chi connectivity index (χ1v) is 5.89. The van der Waals surface area contributed by atoms with Crippen LogP contribution in [0.3, 0.4) is 0 Å². The van der Waals surface area contributed by atoms with Gasteiger partial charge in [0.1, 0.15) is 0 Å². The first kappa shape index (κ1) is 13.0. The number of piperidine rings is 1. The Morgan fingerprint density at radius 2 is 1.94 bits per heavy atom. The Morgan fingerprint density at radius 3 is 2.44 bits per heavy atom. The number of likely N-dealkylation sites (tertiary alicyclic amines) is 1. The van der Waals surface area contributed by atoms with Crippen molar-refractivity contribution in [2.45, 2.75) is 19.8 Å². The van der Waals surface area contributed by atoms with Gasteiger partial charge in [-0.25, -0.2) is 0 Å². The predicted molar refractivity (Wildman–Crippen MR) is 61.9 cm³/mol. The van der Waals surface area contributed by atoms with Gasteiger partial charge in [-0.3, -0.25) is 9.59 Å². The molecule has 0 spiro atoms. The number of rotatable bonds is 4. The summed E-state index contributed by atoms with van der Waals surface area (Å²) in [7, 11) is 1.76. The Bertz CT molecular complexity index is 222. The number of hydrogen-bond donors (Lipinski definition) is 2. The van der Waals surface area contributed by atoms with Crippen LogP contribution in [0.2, 0.25) is 0 Å². The quantitative estimate of drug-likeness (QED) is 0.686. The molecule has 0 aromatic rings. The summed E-state index contributed by atoms with van der Waals surface area (Å²) < 4.78 is 0. The van der Waals surface area contributed by atoms with E-state index in [-0.39, 0.29) is 17.7 Å². The fourth-order valence-corrected chi connectivity index (χ4v) is 1.97. The topological polar surface area (TPSA) is 61.4 Å². The minimum Gasteiger partial charge on any atom is -0.356 e. The standard InChI is InChI=1S/C11H21N3O2/c1-3-13-11(16)9-4-6-14(7-5-9)10(15)8-12-2/h9,12H,3-8H2,1-2H3,(H,13,16). The lowest BCUT2D eigenvalue weighted by atomic mass is 9.96. The molecule has 0 bridgehead atoms. The largest absolute Gasteiger partial charge is 0.356 e. The minimum atomic E-state index is 0.0820. The van der Waals surface area contributed by atoms with E-state index in [4.69, 9.17) is 0 Å². The first-order chi connectivity index (χ1) is 7.69. The second-order valence-electron chi connectivity index (χ2n) is 4.08. The molecule has 5 heteroatoms. The van der Waals surface area contributed by atoms with E-state index >= 15 is 0 Å². The Kier molecular flexibility index (Phi) is 5.25. The molecule has 0 aromatic heterocycles. The fourth-order valence-electron chi connectivity index (χ4n) is 1.97. The van der Waals surface area contributed by atoms with Gasteiger partial charge in [-0.1, -0.05) is 0 Å². The molecule has 1 aliphatic rings. The van der Waals surface area contributed by atoms with Gasteiger partial charge in [0.05, 0.1) is 6.54 Å². The van der Waals surface area contributed by atoms with E-state index in [1.807, 2.05) is 11.8 Å². The highest BCUT2D eigenvalue weighted by Crippen LogP contribution is 2.17. The lowest BCUT2D eigenvalue weighted by Gasteiger charge is -2.31. The summed E-state index contributed by atoms with van der Waals surface area (Å²) in [5.74, 6) is 0.332. The number of carbonyl (C=O) groups is 2. The molecule has 0 saturated carbocycles. The molecular formula is C11H21N3O2. The average Bonchev–Trinajstić information content (AvgIpc) is 2.30. The van der Waals surface area contributed by atoms with Crippen molar-refractivity contribution in [1.82, 2.24) is 15.5 Å². The molecule has 2 amide bonds. The van der Waals surface area contributed by atoms with Crippen LogP contribution in [-0.2, 0) is 9.59 Å². The van der Waals surface area contributed by atoms with Crippen molar-refractivity contribution in [3.8, 4) is 0 Å². The Labute approximate surface area is 96.6 Å². The van der Waals surface area contributed by atoms with Gasteiger partial charge >= 0.3 is 0 Å². The normalized spacial score (nSPS) is 17.2. The number of nitrogens with zero attached hydrogens (tertiary/aromatic N) is 1. The summed E-state index contributed by atoms with van der Waals surface area (Å²) in [4.78, 5) is 25.0. The third-order valence-electron chi connectivity index (χ3n) is 2.90. The molecular weight excluding hydrogens is 206 g/mol. The smallest absolute Gasteiger partial charge is 0.236 e. The van der Waals surface area contributed by atoms with Crippen LogP contribution in [0.25, 0.3) is 0 Å². The highest BCUT2D eigenvalue weighted by atomic mass is 16.2. The van der Waals surface area contributed by atoms with Crippen LogP contribution >= 0.6 is 0 Å². The number of nitrogens with one attached hydrogen (secondary N) is 2. The van der Waals surface area contributed by atoms with Gasteiger partial charge in [-0.15, -0.1) is 0 Å². The second kappa shape index (κ2) is 6.48. The maximum absolute atomic E-state index is 11.6. The molecule has 1 rings (SSSR count). The van der Waals surface area contributed by atoms with Crippen LogP contribution in [0.15, 0.2) is 0 Å². The van der Waals surface area contributed by atoms with Gasteiger partial charge in [0, 0.05) is 25.6 Å². The molecule has 1 fully saturated rings. The number of likely N-dealkylation sites (N-methyl/N-ethyl adjacent to an activating group) is 1. The summed E-state index contributed by atoms with van der Waals surface area (Å²) in [6.07, 6.45) is 1.56. The van der Waals surface area contributed by atoms with Crippen molar-refractivity contribution in [3.05, 3.63) is 0 Å². The molecule has 1 saturated heterocycles. The highest BCUT2D eigenvalue weighted by Gasteiger charge is 2.26. The molecule has 0 aliphatic carbocycles. The molecule has 1 aliphatic heterocycles. The van der Waals surface area contributed by atoms with Crippen molar-refractivity contribution in [1.29, 1.82) is 0 Å². The van der Waals surface area contributed by atoms with Crippen molar-refractivity contribution < 1.29 is 9.59 Å². The van der Waals surface area contributed by atoms with Crippen molar-refractivity contribution in [3.63, 3.8) is 0 Å². The van der Waals surface area contributed by atoms with Crippen molar-refractivity contribution in [2.75, 3.05) is 33.2 Å². The van der Waals surface area contributed by atoms with E-state index in [9.17, 15) is 9.59 Å². The number of carbonyl (C=O) groups excluding carboxylic acids is 2. The van der Waals surface area contributed by atoms with Crippen LogP contribution < -0.4 is 10.6 Å². The van der Waals surface area contributed by atoms with Gasteiger partial charge in [0.25, 0.3) is 0 Å². The minimum absolute atomic E-state index is 0.0820. The molecule has 0 unspecified atom stereocenters. The Balaban J connectivity index is 2.33. The van der Waals surface area contributed by atoms with Gasteiger partial charge < -0.3 is 15.5 Å². The van der Waals surface area contributed by atoms with Crippen LogP contribution in [0.1, 0.15) is 19.8 Å².